The minimum Gasteiger partial charge on any atom is -0.205 e. The molecule has 0 bridgehead atoms. The minimum atomic E-state index is -7.74. The van der Waals surface area contributed by atoms with Crippen LogP contribution in [0.4, 0.5) is 65.9 Å². The van der Waals surface area contributed by atoms with E-state index in [0.29, 0.717) is 19.6 Å². The Kier molecular flexibility index (Phi) is 7.18. The third-order valence-electron chi connectivity index (χ3n) is 3.93. The van der Waals surface area contributed by atoms with Crippen molar-refractivity contribution in [2.24, 2.45) is 0 Å². The fraction of sp³-hybridized carbons (Fsp3) is 1.00. The molecule has 0 aromatic carbocycles. The van der Waals surface area contributed by atoms with Crippen LogP contribution in [-0.4, -0.2) is 49.4 Å². The molecular weight excluding hydrogens is 469 g/mol. The molecule has 0 saturated carbocycles. The molecule has 0 spiro atoms. The number of alkyl halides is 15. The molecule has 0 N–H and O–H groups in total. The SMILES string of the molecule is C[Si](C)(C)C(F)(F)C(F)(F)C(F)(F)C(F)(F)C(F)(F)C(F)(F)CCCC(F)(F)F. The smallest absolute Gasteiger partial charge is 0.205 e. The van der Waals surface area contributed by atoms with Gasteiger partial charge in [-0.15, -0.1) is 0 Å². The van der Waals surface area contributed by atoms with Gasteiger partial charge in [-0.25, -0.2) is 8.78 Å². The summed E-state index contributed by atoms with van der Waals surface area (Å²) in [7, 11) is -4.81. The van der Waals surface area contributed by atoms with Gasteiger partial charge in [-0.05, 0) is 6.42 Å². The zero-order valence-electron chi connectivity index (χ0n) is 14.8. The van der Waals surface area contributed by atoms with E-state index in [0.717, 1.165) is 0 Å². The van der Waals surface area contributed by atoms with Crippen LogP contribution in [0.5, 0.6) is 0 Å². The molecule has 0 aliphatic heterocycles. The summed E-state index contributed by atoms with van der Waals surface area (Å²) in [4.78, 5) is 0. The van der Waals surface area contributed by atoms with Crippen LogP contribution in [0.1, 0.15) is 19.3 Å². The normalized spacial score (nSPS) is 16.3. The highest BCUT2D eigenvalue weighted by Crippen LogP contribution is 2.61. The molecule has 0 aliphatic rings. The first-order valence-corrected chi connectivity index (χ1v) is 11.0. The predicted octanol–water partition coefficient (Wildman–Crippen LogP) is 7.41. The molecule has 0 aromatic rings. The van der Waals surface area contributed by atoms with Crippen LogP contribution in [0.2, 0.25) is 19.6 Å². The van der Waals surface area contributed by atoms with Crippen molar-refractivity contribution in [1.29, 1.82) is 0 Å². The van der Waals surface area contributed by atoms with Gasteiger partial charge in [-0.3, -0.25) is 0 Å². The minimum absolute atomic E-state index is 0.305. The van der Waals surface area contributed by atoms with Crippen molar-refractivity contribution in [3.63, 3.8) is 0 Å². The Bertz CT molecular complexity index is 570. The zero-order valence-corrected chi connectivity index (χ0v) is 15.8. The molecule has 0 aromatic heterocycles. The van der Waals surface area contributed by atoms with Crippen LogP contribution in [0.25, 0.3) is 0 Å². The molecule has 16 heteroatoms. The van der Waals surface area contributed by atoms with E-state index in [4.69, 9.17) is 0 Å². The van der Waals surface area contributed by atoms with E-state index in [1.54, 1.807) is 0 Å². The Balaban J connectivity index is 6.16. The summed E-state index contributed by atoms with van der Waals surface area (Å²) in [5.74, 6) is -36.3. The van der Waals surface area contributed by atoms with Gasteiger partial charge in [0, 0.05) is 12.8 Å². The van der Waals surface area contributed by atoms with Gasteiger partial charge in [0.25, 0.3) is 5.55 Å². The lowest BCUT2D eigenvalue weighted by molar-refractivity contribution is -0.418. The van der Waals surface area contributed by atoms with Crippen molar-refractivity contribution in [3.05, 3.63) is 0 Å². The first-order valence-electron chi connectivity index (χ1n) is 7.54. The fourth-order valence-electron chi connectivity index (χ4n) is 1.96. The van der Waals surface area contributed by atoms with Gasteiger partial charge in [0.2, 0.25) is 0 Å². The predicted molar refractivity (Wildman–Crippen MR) is 72.9 cm³/mol. The van der Waals surface area contributed by atoms with E-state index in [-0.39, 0.29) is 0 Å². The third kappa shape index (κ3) is 4.60. The molecule has 0 atom stereocenters. The molecular formula is C13H15F15Si. The molecule has 0 unspecified atom stereocenters. The van der Waals surface area contributed by atoms with Crippen molar-refractivity contribution in [1.82, 2.24) is 0 Å². The summed E-state index contributed by atoms with van der Waals surface area (Å²) in [6, 6.07) is 0. The van der Waals surface area contributed by atoms with E-state index in [2.05, 4.69) is 0 Å². The van der Waals surface area contributed by atoms with Gasteiger partial charge in [0.1, 0.15) is 8.07 Å². The van der Waals surface area contributed by atoms with Crippen LogP contribution < -0.4 is 0 Å². The molecule has 0 nitrogen and oxygen atoms in total. The highest BCUT2D eigenvalue weighted by molar-refractivity contribution is 6.78. The summed E-state index contributed by atoms with van der Waals surface area (Å²) in [6.45, 7) is 0.914. The molecule has 0 fully saturated rings. The maximum absolute atomic E-state index is 13.7. The Hall–Kier alpha value is -0.833. The largest absolute Gasteiger partial charge is 0.389 e. The summed E-state index contributed by atoms with van der Waals surface area (Å²) in [5.41, 5.74) is -5.95. The van der Waals surface area contributed by atoms with Gasteiger partial charge >= 0.3 is 35.8 Å². The number of hydrogen-bond donors (Lipinski definition) is 0. The van der Waals surface area contributed by atoms with Gasteiger partial charge < -0.3 is 0 Å². The Morgan fingerprint density at radius 1 is 0.483 bits per heavy atom. The Labute approximate surface area is 155 Å². The molecule has 0 rings (SSSR count). The molecule has 176 valence electrons. The lowest BCUT2D eigenvalue weighted by atomic mass is 9.92. The second-order valence-corrected chi connectivity index (χ2v) is 12.4. The molecule has 0 amide bonds. The van der Waals surface area contributed by atoms with Gasteiger partial charge in [-0.2, -0.15) is 57.1 Å². The summed E-state index contributed by atoms with van der Waals surface area (Å²) >= 11 is 0. The molecule has 0 aliphatic carbocycles. The van der Waals surface area contributed by atoms with Crippen LogP contribution in [0.15, 0.2) is 0 Å². The maximum Gasteiger partial charge on any atom is 0.389 e. The topological polar surface area (TPSA) is 0 Å². The van der Waals surface area contributed by atoms with Crippen molar-refractivity contribution in [2.75, 3.05) is 0 Å². The average Bonchev–Trinajstić information content (AvgIpc) is 2.43. The summed E-state index contributed by atoms with van der Waals surface area (Å²) in [5, 5.41) is 0. The standard InChI is InChI=1S/C13H15F15Si/c1-29(2,3)13(27,28)12(25,26)11(23,24)10(21,22)9(19,20)7(14,15)5-4-6-8(16,17)18/h4-6H2,1-3H3. The lowest BCUT2D eigenvalue weighted by Crippen LogP contribution is -2.73. The molecule has 0 radical (unpaired) electrons. The second kappa shape index (κ2) is 7.39. The van der Waals surface area contributed by atoms with Crippen molar-refractivity contribution >= 4 is 8.07 Å². The Morgan fingerprint density at radius 3 is 1.14 bits per heavy atom. The van der Waals surface area contributed by atoms with Crippen LogP contribution >= 0.6 is 0 Å². The van der Waals surface area contributed by atoms with Crippen LogP contribution in [0.3, 0.4) is 0 Å². The molecule has 29 heavy (non-hydrogen) atoms. The number of hydrogen-bond acceptors (Lipinski definition) is 0. The van der Waals surface area contributed by atoms with Gasteiger partial charge in [0.05, 0.1) is 0 Å². The van der Waals surface area contributed by atoms with E-state index in [9.17, 15) is 65.9 Å². The van der Waals surface area contributed by atoms with E-state index >= 15 is 0 Å². The van der Waals surface area contributed by atoms with Crippen molar-refractivity contribution in [3.8, 4) is 0 Å². The third-order valence-corrected chi connectivity index (χ3v) is 6.13. The lowest BCUT2D eigenvalue weighted by Gasteiger charge is -2.44. The van der Waals surface area contributed by atoms with E-state index in [1.165, 1.54) is 0 Å². The Morgan fingerprint density at radius 2 is 0.828 bits per heavy atom. The number of rotatable bonds is 9. The van der Waals surface area contributed by atoms with Crippen molar-refractivity contribution in [2.45, 2.75) is 80.2 Å². The zero-order chi connectivity index (χ0) is 24.1. The van der Waals surface area contributed by atoms with Crippen LogP contribution in [-0.2, 0) is 0 Å². The first-order chi connectivity index (χ1) is 12.2. The maximum atomic E-state index is 13.7. The van der Waals surface area contributed by atoms with Crippen LogP contribution in [0, 0.1) is 0 Å². The highest BCUT2D eigenvalue weighted by Gasteiger charge is 2.90. The monoisotopic (exact) mass is 484 g/mol. The van der Waals surface area contributed by atoms with E-state index < -0.39 is 68.7 Å². The highest BCUT2D eigenvalue weighted by atomic mass is 28.3. The summed E-state index contributed by atoms with van der Waals surface area (Å²) in [6.07, 6.45) is -12.1. The quantitative estimate of drug-likeness (QED) is 0.236. The average molecular weight is 484 g/mol. The second-order valence-electron chi connectivity index (χ2n) is 7.30. The van der Waals surface area contributed by atoms with E-state index in [1.807, 2.05) is 0 Å². The van der Waals surface area contributed by atoms with Gasteiger partial charge in [-0.1, -0.05) is 19.6 Å². The van der Waals surface area contributed by atoms with Gasteiger partial charge in [0.15, 0.2) is 0 Å². The number of halogens is 15. The van der Waals surface area contributed by atoms with Crippen molar-refractivity contribution < 1.29 is 65.9 Å². The fourth-order valence-corrected chi connectivity index (χ4v) is 3.06. The first kappa shape index (κ1) is 28.2. The molecule has 0 heterocycles. The molecule has 0 saturated heterocycles. The summed E-state index contributed by atoms with van der Waals surface area (Å²) < 4.78 is 198.